The summed E-state index contributed by atoms with van der Waals surface area (Å²) in [5, 5.41) is 27.8. The second-order valence-electron chi connectivity index (χ2n) is 2.64. The topological polar surface area (TPSA) is 164 Å². The van der Waals surface area contributed by atoms with Gasteiger partial charge in [-0.1, -0.05) is 0 Å². The Morgan fingerprint density at radius 2 is 0.824 bits per heavy atom. The number of phenols is 3. The molecule has 0 aliphatic rings. The second-order valence-corrected chi connectivity index (χ2v) is 2.64. The van der Waals surface area contributed by atoms with Gasteiger partial charge in [-0.3, -0.25) is 26.1 Å². The van der Waals surface area contributed by atoms with E-state index in [1.54, 1.807) is 0 Å². The molecule has 7 N–H and O–H groups in total. The Balaban J connectivity index is 0.00000121. The van der Waals surface area contributed by atoms with E-state index >= 15 is 0 Å². The van der Waals surface area contributed by atoms with Gasteiger partial charge < -0.3 is 15.3 Å². The number of aromatic hydroxyl groups is 3. The van der Waals surface area contributed by atoms with Crippen molar-refractivity contribution < 1.29 is 29.7 Å². The first-order valence-corrected chi connectivity index (χ1v) is 4.08. The minimum Gasteiger partial charge on any atom is -0.506 e. The molecular weight excluding hydrogens is 232 g/mol. The lowest BCUT2D eigenvalue weighted by Gasteiger charge is -2.08. The molecule has 1 aromatic carbocycles. The Bertz CT molecular complexity index is 370. The van der Waals surface area contributed by atoms with Gasteiger partial charge in [-0.25, -0.2) is 0 Å². The first-order chi connectivity index (χ1) is 8.08. The molecule has 0 bridgehead atoms. The average molecular weight is 242 g/mol. The van der Waals surface area contributed by atoms with Gasteiger partial charge in [0, 0.05) is 0 Å². The highest BCUT2D eigenvalue weighted by Gasteiger charge is 2.22. The van der Waals surface area contributed by atoms with E-state index in [1.807, 2.05) is 0 Å². The molecule has 8 heteroatoms. The van der Waals surface area contributed by atoms with E-state index in [4.69, 9.17) is 0 Å². The van der Waals surface area contributed by atoms with Crippen molar-refractivity contribution in [3.8, 4) is 17.2 Å². The van der Waals surface area contributed by atoms with Gasteiger partial charge >= 0.3 is 0 Å². The van der Waals surface area contributed by atoms with Gasteiger partial charge in [0.25, 0.3) is 0 Å². The number of carbonyl (C=O) groups is 3. The Morgan fingerprint density at radius 3 is 0.941 bits per heavy atom. The third-order valence-corrected chi connectivity index (χ3v) is 1.88. The van der Waals surface area contributed by atoms with E-state index in [2.05, 4.69) is 11.7 Å². The molecule has 0 aliphatic heterocycles. The van der Waals surface area contributed by atoms with Gasteiger partial charge in [-0.15, -0.1) is 0 Å². The zero-order chi connectivity index (χ0) is 13.6. The van der Waals surface area contributed by atoms with Crippen LogP contribution < -0.4 is 11.7 Å². The maximum Gasteiger partial charge on any atom is 0.157 e. The molecule has 0 aromatic heterocycles. The predicted molar refractivity (Wildman–Crippen MR) is 56.0 cm³/mol. The van der Waals surface area contributed by atoms with Crippen molar-refractivity contribution in [3.63, 3.8) is 0 Å². The molecule has 8 nitrogen and oxygen atoms in total. The summed E-state index contributed by atoms with van der Waals surface area (Å²) in [6.07, 6.45) is 0.221. The summed E-state index contributed by atoms with van der Waals surface area (Å²) in [6, 6.07) is 0. The number of phenolic OH excluding ortho intramolecular Hbond substituents is 3. The highest BCUT2D eigenvalue weighted by molar-refractivity contribution is 6.00. The maximum absolute atomic E-state index is 10.5. The summed E-state index contributed by atoms with van der Waals surface area (Å²) in [4.78, 5) is 31.4. The van der Waals surface area contributed by atoms with Crippen molar-refractivity contribution in [1.82, 2.24) is 0 Å². The Hall–Kier alpha value is -2.45. The van der Waals surface area contributed by atoms with Crippen molar-refractivity contribution >= 4 is 18.9 Å². The minimum absolute atomic E-state index is 0.0735. The van der Waals surface area contributed by atoms with E-state index in [0.717, 1.165) is 0 Å². The van der Waals surface area contributed by atoms with E-state index in [0.29, 0.717) is 0 Å². The van der Waals surface area contributed by atoms with Crippen molar-refractivity contribution in [2.75, 3.05) is 0 Å². The molecule has 0 unspecified atom stereocenters. The molecule has 1 aromatic rings. The van der Waals surface area contributed by atoms with Crippen LogP contribution in [0.25, 0.3) is 0 Å². The van der Waals surface area contributed by atoms with Crippen LogP contribution >= 0.6 is 0 Å². The lowest BCUT2D eigenvalue weighted by molar-refractivity contribution is 0.111. The molecule has 0 saturated heterocycles. The number of nitrogens with two attached hydrogens (primary N) is 2. The molecule has 0 saturated carbocycles. The average Bonchev–Trinajstić information content (AvgIpc) is 2.33. The summed E-state index contributed by atoms with van der Waals surface area (Å²) < 4.78 is 0. The number of benzene rings is 1. The highest BCUT2D eigenvalue weighted by atomic mass is 16.3. The van der Waals surface area contributed by atoms with Gasteiger partial charge in [0.15, 0.2) is 18.9 Å². The molecule has 0 spiro atoms. The quantitative estimate of drug-likeness (QED) is 0.257. The monoisotopic (exact) mass is 242 g/mol. The number of carbonyl (C=O) groups excluding carboxylic acids is 3. The number of hydrogen-bond donors (Lipinski definition) is 5. The first kappa shape index (κ1) is 14.6. The van der Waals surface area contributed by atoms with Crippen LogP contribution in [-0.2, 0) is 0 Å². The van der Waals surface area contributed by atoms with E-state index in [1.165, 1.54) is 0 Å². The molecular formula is C9H10N2O6. The summed E-state index contributed by atoms with van der Waals surface area (Å²) in [5.41, 5.74) is -1.84. The molecule has 0 heterocycles. The summed E-state index contributed by atoms with van der Waals surface area (Å²) in [5.74, 6) is 5.42. The number of aldehydes is 3. The van der Waals surface area contributed by atoms with Crippen molar-refractivity contribution in [1.29, 1.82) is 0 Å². The standard InChI is InChI=1S/C9H6O6.H4N2/c10-1-4-7(13)5(2-11)9(15)6(3-12)8(4)14;1-2/h1-3,13-15H;1-2H2. The molecule has 17 heavy (non-hydrogen) atoms. The highest BCUT2D eigenvalue weighted by Crippen LogP contribution is 2.38. The van der Waals surface area contributed by atoms with Crippen LogP contribution in [0, 0.1) is 0 Å². The zero-order valence-corrected chi connectivity index (χ0v) is 8.45. The number of rotatable bonds is 3. The normalized spacial score (nSPS) is 8.82. The molecule has 92 valence electrons. The SMILES string of the molecule is NN.O=Cc1c(O)c(C=O)c(O)c(C=O)c1O. The Kier molecular flexibility index (Phi) is 5.31. The largest absolute Gasteiger partial charge is 0.506 e. The third kappa shape index (κ3) is 2.38. The van der Waals surface area contributed by atoms with Crippen LogP contribution in [0.15, 0.2) is 0 Å². The molecule has 0 fully saturated rings. The van der Waals surface area contributed by atoms with Crippen molar-refractivity contribution in [3.05, 3.63) is 16.7 Å². The van der Waals surface area contributed by atoms with E-state index < -0.39 is 33.9 Å². The number of hydrazine groups is 1. The number of hydrogen-bond acceptors (Lipinski definition) is 8. The van der Waals surface area contributed by atoms with Crippen LogP contribution in [0.3, 0.4) is 0 Å². The fourth-order valence-corrected chi connectivity index (χ4v) is 1.11. The lowest BCUT2D eigenvalue weighted by atomic mass is 10.0. The molecule has 1 rings (SSSR count). The van der Waals surface area contributed by atoms with Crippen LogP contribution in [0.4, 0.5) is 0 Å². The first-order valence-electron chi connectivity index (χ1n) is 4.08. The smallest absolute Gasteiger partial charge is 0.157 e. The molecule has 0 atom stereocenters. The molecule has 0 amide bonds. The third-order valence-electron chi connectivity index (χ3n) is 1.88. The van der Waals surface area contributed by atoms with Crippen LogP contribution in [0.1, 0.15) is 31.1 Å². The fraction of sp³-hybridized carbons (Fsp3) is 0. The fourth-order valence-electron chi connectivity index (χ4n) is 1.11. The van der Waals surface area contributed by atoms with Gasteiger partial charge in [-0.2, -0.15) is 0 Å². The van der Waals surface area contributed by atoms with Gasteiger partial charge in [0.1, 0.15) is 17.2 Å². The van der Waals surface area contributed by atoms with Crippen LogP contribution in [0.2, 0.25) is 0 Å². The predicted octanol–water partition coefficient (Wildman–Crippen LogP) is -0.940. The van der Waals surface area contributed by atoms with E-state index in [-0.39, 0.29) is 18.9 Å². The van der Waals surface area contributed by atoms with E-state index in [9.17, 15) is 29.7 Å². The Morgan fingerprint density at radius 1 is 0.647 bits per heavy atom. The summed E-state index contributed by atoms with van der Waals surface area (Å²) in [6.45, 7) is 0. The van der Waals surface area contributed by atoms with Gasteiger partial charge in [0.2, 0.25) is 0 Å². The van der Waals surface area contributed by atoms with Crippen LogP contribution in [-0.4, -0.2) is 34.2 Å². The van der Waals surface area contributed by atoms with Crippen LogP contribution in [0.5, 0.6) is 17.2 Å². The second kappa shape index (κ2) is 6.20. The molecule has 0 radical (unpaired) electrons. The van der Waals surface area contributed by atoms with Crippen molar-refractivity contribution in [2.45, 2.75) is 0 Å². The summed E-state index contributed by atoms with van der Waals surface area (Å²) in [7, 11) is 0. The maximum atomic E-state index is 10.5. The summed E-state index contributed by atoms with van der Waals surface area (Å²) >= 11 is 0. The lowest BCUT2D eigenvalue weighted by Crippen LogP contribution is -2.02. The molecule has 0 aliphatic carbocycles. The zero-order valence-electron chi connectivity index (χ0n) is 8.45. The van der Waals surface area contributed by atoms with Gasteiger partial charge in [0.05, 0.1) is 16.7 Å². The minimum atomic E-state index is -0.861. The van der Waals surface area contributed by atoms with Crippen molar-refractivity contribution in [2.24, 2.45) is 11.7 Å². The van der Waals surface area contributed by atoms with Gasteiger partial charge in [-0.05, 0) is 0 Å². The Labute approximate surface area is 95.0 Å².